The molecule has 3 N–H and O–H groups in total. The Hall–Kier alpha value is -0.610. The molecule has 0 radical (unpaired) electrons. The summed E-state index contributed by atoms with van der Waals surface area (Å²) in [6.07, 6.45) is 9.05. The minimum atomic E-state index is -0.712. The van der Waals surface area contributed by atoms with Crippen molar-refractivity contribution in [2.75, 3.05) is 6.54 Å². The first kappa shape index (κ1) is 15.8. The van der Waals surface area contributed by atoms with E-state index in [0.717, 1.165) is 5.92 Å². The number of carboxylic acid groups (broad SMARTS) is 1. The average molecular weight is 283 g/mol. The lowest BCUT2D eigenvalue weighted by Gasteiger charge is -2.37. The van der Waals surface area contributed by atoms with Gasteiger partial charge in [-0.2, -0.15) is 0 Å². The summed E-state index contributed by atoms with van der Waals surface area (Å²) in [5.41, 5.74) is -0.700. The number of rotatable bonds is 5. The van der Waals surface area contributed by atoms with Crippen molar-refractivity contribution in [1.29, 1.82) is 0 Å². The molecule has 0 aromatic heterocycles. The van der Waals surface area contributed by atoms with Crippen LogP contribution in [0.4, 0.5) is 0 Å². The quantitative estimate of drug-likeness (QED) is 0.725. The number of aliphatic hydroxyl groups is 1. The van der Waals surface area contributed by atoms with E-state index >= 15 is 0 Å². The predicted octanol–water partition coefficient (Wildman–Crippen LogP) is 2.55. The molecule has 0 bridgehead atoms. The van der Waals surface area contributed by atoms with Crippen LogP contribution in [0.5, 0.6) is 0 Å². The minimum Gasteiger partial charge on any atom is -0.481 e. The van der Waals surface area contributed by atoms with Gasteiger partial charge >= 0.3 is 5.97 Å². The molecule has 0 unspecified atom stereocenters. The van der Waals surface area contributed by atoms with E-state index in [-0.39, 0.29) is 5.92 Å². The fraction of sp³-hybridized carbons (Fsp3) is 0.938. The number of carbonyl (C=O) groups is 1. The van der Waals surface area contributed by atoms with Crippen LogP contribution in [0.3, 0.4) is 0 Å². The van der Waals surface area contributed by atoms with E-state index < -0.39 is 11.6 Å². The predicted molar refractivity (Wildman–Crippen MR) is 78.6 cm³/mol. The SMILES string of the molecule is C[C@@H](NCC1(O)CCC(C(=O)O)CC1)C1CCCCC1. The van der Waals surface area contributed by atoms with Crippen molar-refractivity contribution in [2.45, 2.75) is 76.4 Å². The van der Waals surface area contributed by atoms with Gasteiger partial charge in [0.15, 0.2) is 0 Å². The van der Waals surface area contributed by atoms with Gasteiger partial charge in [-0.25, -0.2) is 0 Å². The zero-order chi connectivity index (χ0) is 14.6. The van der Waals surface area contributed by atoms with Crippen LogP contribution in [0.2, 0.25) is 0 Å². The average Bonchev–Trinajstić information content (AvgIpc) is 2.46. The number of hydrogen-bond donors (Lipinski definition) is 3. The molecule has 2 fully saturated rings. The van der Waals surface area contributed by atoms with Crippen LogP contribution in [0.25, 0.3) is 0 Å². The first-order chi connectivity index (χ1) is 9.50. The summed E-state index contributed by atoms with van der Waals surface area (Å²) in [5.74, 6) is -0.232. The van der Waals surface area contributed by atoms with Gasteiger partial charge in [-0.3, -0.25) is 4.79 Å². The molecule has 0 aromatic rings. The van der Waals surface area contributed by atoms with E-state index in [0.29, 0.717) is 38.3 Å². The summed E-state index contributed by atoms with van der Waals surface area (Å²) >= 11 is 0. The summed E-state index contributed by atoms with van der Waals surface area (Å²) in [6, 6.07) is 0.455. The van der Waals surface area contributed by atoms with E-state index in [1.165, 1.54) is 32.1 Å². The zero-order valence-electron chi connectivity index (χ0n) is 12.6. The maximum atomic E-state index is 10.9. The molecule has 4 heteroatoms. The first-order valence-corrected chi connectivity index (χ1v) is 8.19. The topological polar surface area (TPSA) is 69.6 Å². The van der Waals surface area contributed by atoms with Gasteiger partial charge in [-0.15, -0.1) is 0 Å². The number of nitrogens with one attached hydrogen (secondary N) is 1. The van der Waals surface area contributed by atoms with Gasteiger partial charge in [0.1, 0.15) is 0 Å². The lowest BCUT2D eigenvalue weighted by molar-refractivity contribution is -0.144. The largest absolute Gasteiger partial charge is 0.481 e. The van der Waals surface area contributed by atoms with Crippen LogP contribution in [0.1, 0.15) is 64.7 Å². The molecule has 0 heterocycles. The molecule has 0 aromatic carbocycles. The second kappa shape index (κ2) is 6.90. The minimum absolute atomic E-state index is 0.258. The van der Waals surface area contributed by atoms with Crippen molar-refractivity contribution in [3.63, 3.8) is 0 Å². The third-order valence-electron chi connectivity index (χ3n) is 5.38. The second-order valence-electron chi connectivity index (χ2n) is 6.90. The van der Waals surface area contributed by atoms with Gasteiger partial charge in [0.2, 0.25) is 0 Å². The van der Waals surface area contributed by atoms with E-state index in [1.807, 2.05) is 0 Å². The Balaban J connectivity index is 1.74. The molecule has 20 heavy (non-hydrogen) atoms. The molecule has 116 valence electrons. The van der Waals surface area contributed by atoms with Crippen molar-refractivity contribution in [2.24, 2.45) is 11.8 Å². The van der Waals surface area contributed by atoms with Crippen LogP contribution in [0.15, 0.2) is 0 Å². The molecular weight excluding hydrogens is 254 g/mol. The van der Waals surface area contributed by atoms with Gasteiger partial charge < -0.3 is 15.5 Å². The van der Waals surface area contributed by atoms with Crippen molar-refractivity contribution in [1.82, 2.24) is 5.32 Å². The van der Waals surface area contributed by atoms with Crippen molar-refractivity contribution < 1.29 is 15.0 Å². The van der Waals surface area contributed by atoms with Crippen LogP contribution in [-0.4, -0.2) is 34.4 Å². The van der Waals surface area contributed by atoms with Crippen LogP contribution < -0.4 is 5.32 Å². The summed E-state index contributed by atoms with van der Waals surface area (Å²) in [5, 5.41) is 23.1. The van der Waals surface area contributed by atoms with Crippen molar-refractivity contribution >= 4 is 5.97 Å². The molecule has 0 amide bonds. The fourth-order valence-corrected chi connectivity index (χ4v) is 3.73. The molecule has 0 aliphatic heterocycles. The molecule has 1 atom stereocenters. The monoisotopic (exact) mass is 283 g/mol. The first-order valence-electron chi connectivity index (χ1n) is 8.19. The molecule has 0 saturated heterocycles. The summed E-state index contributed by atoms with van der Waals surface area (Å²) < 4.78 is 0. The van der Waals surface area contributed by atoms with E-state index in [2.05, 4.69) is 12.2 Å². The molecule has 4 nitrogen and oxygen atoms in total. The Morgan fingerprint density at radius 3 is 2.35 bits per heavy atom. The maximum absolute atomic E-state index is 10.9. The smallest absolute Gasteiger partial charge is 0.306 e. The number of aliphatic carboxylic acids is 1. The van der Waals surface area contributed by atoms with E-state index in [9.17, 15) is 9.90 Å². The standard InChI is InChI=1S/C16H29NO3/c1-12(13-5-3-2-4-6-13)17-11-16(20)9-7-14(8-10-16)15(18)19/h12-14,17,20H,2-11H2,1H3,(H,18,19)/t12-,14?,16?/m1/s1. The molecule has 2 saturated carbocycles. The Morgan fingerprint density at radius 1 is 1.20 bits per heavy atom. The fourth-order valence-electron chi connectivity index (χ4n) is 3.73. The van der Waals surface area contributed by atoms with Crippen LogP contribution in [-0.2, 0) is 4.79 Å². The highest BCUT2D eigenvalue weighted by molar-refractivity contribution is 5.70. The highest BCUT2D eigenvalue weighted by atomic mass is 16.4. The number of carboxylic acids is 1. The highest BCUT2D eigenvalue weighted by Gasteiger charge is 2.36. The second-order valence-corrected chi connectivity index (χ2v) is 6.90. The molecule has 2 aliphatic rings. The van der Waals surface area contributed by atoms with Gasteiger partial charge in [-0.1, -0.05) is 19.3 Å². The normalized spacial score (nSPS) is 33.8. The third-order valence-corrected chi connectivity index (χ3v) is 5.38. The van der Waals surface area contributed by atoms with Gasteiger partial charge in [0.25, 0.3) is 0 Å². The number of hydrogen-bond acceptors (Lipinski definition) is 3. The summed E-state index contributed by atoms with van der Waals surface area (Å²) in [7, 11) is 0. The lowest BCUT2D eigenvalue weighted by Crippen LogP contribution is -2.48. The van der Waals surface area contributed by atoms with E-state index in [1.54, 1.807) is 0 Å². The Morgan fingerprint density at radius 2 is 1.80 bits per heavy atom. The summed E-state index contributed by atoms with van der Waals surface area (Å²) in [4.78, 5) is 10.9. The van der Waals surface area contributed by atoms with Crippen molar-refractivity contribution in [3.05, 3.63) is 0 Å². The molecule has 2 rings (SSSR count). The molecule has 0 spiro atoms. The lowest BCUT2D eigenvalue weighted by atomic mass is 9.78. The van der Waals surface area contributed by atoms with E-state index in [4.69, 9.17) is 5.11 Å². The zero-order valence-corrected chi connectivity index (χ0v) is 12.6. The Labute approximate surface area is 122 Å². The summed E-state index contributed by atoms with van der Waals surface area (Å²) in [6.45, 7) is 2.83. The highest BCUT2D eigenvalue weighted by Crippen LogP contribution is 2.32. The molecular formula is C16H29NO3. The van der Waals surface area contributed by atoms with Gasteiger partial charge in [0.05, 0.1) is 11.5 Å². The Bertz CT molecular complexity index is 318. The van der Waals surface area contributed by atoms with Gasteiger partial charge in [0, 0.05) is 12.6 Å². The van der Waals surface area contributed by atoms with Crippen LogP contribution >= 0.6 is 0 Å². The maximum Gasteiger partial charge on any atom is 0.306 e. The third kappa shape index (κ3) is 4.19. The van der Waals surface area contributed by atoms with Crippen LogP contribution in [0, 0.1) is 11.8 Å². The molecule has 2 aliphatic carbocycles. The Kier molecular flexibility index (Phi) is 5.44. The van der Waals surface area contributed by atoms with Crippen molar-refractivity contribution in [3.8, 4) is 0 Å². The van der Waals surface area contributed by atoms with Gasteiger partial charge in [-0.05, 0) is 51.4 Å².